The first-order chi connectivity index (χ1) is 20.2. The zero-order valence-electron chi connectivity index (χ0n) is 28.2. The molecule has 0 aliphatic rings. The van der Waals surface area contributed by atoms with Gasteiger partial charge in [0, 0.05) is 37.6 Å². The van der Waals surface area contributed by atoms with Crippen molar-refractivity contribution in [3.05, 3.63) is 94.2 Å². The van der Waals surface area contributed by atoms with Gasteiger partial charge in [0.15, 0.2) is 0 Å². The summed E-state index contributed by atoms with van der Waals surface area (Å²) >= 11 is 0. The number of aryl methyl sites for hydroxylation is 6. The smallest absolute Gasteiger partial charge is 0.0878 e. The summed E-state index contributed by atoms with van der Waals surface area (Å²) < 4.78 is 0. The van der Waals surface area contributed by atoms with Gasteiger partial charge in [-0.1, -0.05) is 89.1 Å². The second-order valence-electron chi connectivity index (χ2n) is 13.2. The van der Waals surface area contributed by atoms with Crippen molar-refractivity contribution in [1.82, 2.24) is 9.97 Å². The van der Waals surface area contributed by atoms with Gasteiger partial charge in [0.05, 0.1) is 23.6 Å². The molecule has 4 rings (SSSR count). The van der Waals surface area contributed by atoms with Crippen LogP contribution in [0.1, 0.15) is 80.3 Å². The van der Waals surface area contributed by atoms with E-state index in [4.69, 9.17) is 9.97 Å². The zero-order chi connectivity index (χ0) is 31.8. The molecule has 2 atom stereocenters. The number of benzene rings is 3. The predicted octanol–water partition coefficient (Wildman–Crippen LogP) is 9.32. The van der Waals surface area contributed by atoms with E-state index in [0.29, 0.717) is 18.3 Å². The van der Waals surface area contributed by atoms with Crippen molar-refractivity contribution in [1.29, 1.82) is 0 Å². The van der Waals surface area contributed by atoms with Crippen LogP contribution < -0.4 is 0 Å². The zero-order valence-corrected chi connectivity index (χ0v) is 30.6. The van der Waals surface area contributed by atoms with Crippen molar-refractivity contribution in [2.75, 3.05) is 0 Å². The van der Waals surface area contributed by atoms with Gasteiger partial charge in [-0.05, 0) is 75.5 Å². The Balaban J connectivity index is 0.000000412. The van der Waals surface area contributed by atoms with Crippen molar-refractivity contribution in [3.8, 4) is 33.8 Å². The van der Waals surface area contributed by atoms with Crippen LogP contribution in [0.5, 0.6) is 0 Å². The second-order valence-corrected chi connectivity index (χ2v) is 13.2. The van der Waals surface area contributed by atoms with Crippen LogP contribution in [0.4, 0.5) is 0 Å². The quantitative estimate of drug-likeness (QED) is 0.167. The average molecular weight is 772 g/mol. The molecule has 0 saturated heterocycles. The Morgan fingerprint density at radius 2 is 1.20 bits per heavy atom. The van der Waals surface area contributed by atoms with Crippen molar-refractivity contribution >= 4 is 0 Å². The van der Waals surface area contributed by atoms with Crippen LogP contribution in [0.3, 0.4) is 0 Å². The summed E-state index contributed by atoms with van der Waals surface area (Å²) in [5.41, 5.74) is 13.1. The SMILES string of the molecule is CC(C)CC(O)CC(O)CC(C)C.Cc1[c-]c(-c2ncc(-c3c(C)cccc3C)nc2-c2cc(C)cc(C)c2)cc(C)c1.[Ir]. The van der Waals surface area contributed by atoms with Gasteiger partial charge in [0.1, 0.15) is 0 Å². The minimum Gasteiger partial charge on any atom is -0.393 e. The van der Waals surface area contributed by atoms with Crippen LogP contribution in [0.2, 0.25) is 0 Å². The van der Waals surface area contributed by atoms with Gasteiger partial charge >= 0.3 is 0 Å². The summed E-state index contributed by atoms with van der Waals surface area (Å²) in [6.45, 7) is 21.0. The molecule has 1 aromatic heterocycles. The largest absolute Gasteiger partial charge is 0.393 e. The molecule has 0 fully saturated rings. The van der Waals surface area contributed by atoms with Gasteiger partial charge in [0.25, 0.3) is 0 Å². The molecule has 5 heteroatoms. The molecule has 3 aromatic carbocycles. The average Bonchev–Trinajstić information content (AvgIpc) is 2.86. The van der Waals surface area contributed by atoms with E-state index in [-0.39, 0.29) is 32.3 Å². The van der Waals surface area contributed by atoms with Gasteiger partial charge in [0.2, 0.25) is 0 Å². The minimum atomic E-state index is -0.339. The Kier molecular flexibility index (Phi) is 14.6. The first-order valence-corrected chi connectivity index (χ1v) is 15.6. The summed E-state index contributed by atoms with van der Waals surface area (Å²) in [5, 5.41) is 19.1. The predicted molar refractivity (Wildman–Crippen MR) is 181 cm³/mol. The molecule has 2 unspecified atom stereocenters. The van der Waals surface area contributed by atoms with E-state index in [1.54, 1.807) is 0 Å². The van der Waals surface area contributed by atoms with Crippen LogP contribution in [-0.2, 0) is 20.1 Å². The number of rotatable bonds is 9. The maximum absolute atomic E-state index is 9.54. The maximum Gasteiger partial charge on any atom is 0.0878 e. The molecule has 4 aromatic rings. The Bertz CT molecular complexity index is 1440. The molecule has 0 amide bonds. The fourth-order valence-electron chi connectivity index (χ4n) is 5.86. The van der Waals surface area contributed by atoms with E-state index >= 15 is 0 Å². The van der Waals surface area contributed by atoms with Gasteiger partial charge in [-0.15, -0.1) is 34.9 Å². The van der Waals surface area contributed by atoms with Crippen LogP contribution in [0.25, 0.3) is 33.8 Å². The second kappa shape index (κ2) is 17.1. The van der Waals surface area contributed by atoms with Gasteiger partial charge in [-0.25, -0.2) is 0 Å². The number of hydrogen-bond acceptors (Lipinski definition) is 4. The monoisotopic (exact) mass is 772 g/mol. The van der Waals surface area contributed by atoms with Crippen LogP contribution in [0, 0.1) is 59.4 Å². The molecule has 0 spiro atoms. The molecule has 1 heterocycles. The summed E-state index contributed by atoms with van der Waals surface area (Å²) in [7, 11) is 0. The van der Waals surface area contributed by atoms with E-state index < -0.39 is 0 Å². The molecular weight excluding hydrogens is 721 g/mol. The summed E-state index contributed by atoms with van der Waals surface area (Å²) in [4.78, 5) is 10.1. The van der Waals surface area contributed by atoms with Gasteiger partial charge in [-0.2, -0.15) is 0 Å². The van der Waals surface area contributed by atoms with Crippen molar-refractivity contribution in [3.63, 3.8) is 0 Å². The molecule has 44 heavy (non-hydrogen) atoms. The number of hydrogen-bond donors (Lipinski definition) is 2. The van der Waals surface area contributed by atoms with E-state index in [9.17, 15) is 10.2 Å². The first kappa shape index (κ1) is 37.5. The Hall–Kier alpha value is -2.69. The molecule has 2 N–H and O–H groups in total. The molecule has 0 aliphatic carbocycles. The fraction of sp³-hybridized carbons (Fsp3) is 0.436. The normalized spacial score (nSPS) is 12.4. The third-order valence-corrected chi connectivity index (χ3v) is 7.44. The summed E-state index contributed by atoms with van der Waals surface area (Å²) in [6.07, 6.45) is 3.32. The number of nitrogens with zero attached hydrogens (tertiary/aromatic N) is 2. The third-order valence-electron chi connectivity index (χ3n) is 7.44. The molecule has 239 valence electrons. The fourth-order valence-corrected chi connectivity index (χ4v) is 5.86. The Morgan fingerprint density at radius 3 is 1.70 bits per heavy atom. The van der Waals surface area contributed by atoms with E-state index in [0.717, 1.165) is 52.2 Å². The molecule has 0 aliphatic heterocycles. The standard InChI is InChI=1S/C28H27N2.C11H24O2.Ir/c1-17-10-18(2)13-23(12-17)27-28(24-14-19(3)11-20(4)15-24)30-25(16-29-27)26-21(5)8-7-9-22(26)6;1-8(2)5-10(12)7-11(13)6-9(3)4;/h7-12,14-16H,1-6H3;8-13H,5-7H2,1-4H3;/q-1;;. The number of aliphatic hydroxyl groups excluding tert-OH is 2. The Labute approximate surface area is 279 Å². The number of aliphatic hydroxyl groups is 2. The van der Waals surface area contributed by atoms with Gasteiger partial charge in [-0.3, -0.25) is 4.98 Å². The van der Waals surface area contributed by atoms with E-state index in [1.165, 1.54) is 27.8 Å². The van der Waals surface area contributed by atoms with Crippen molar-refractivity contribution in [2.45, 2.75) is 101 Å². The minimum absolute atomic E-state index is 0. The molecular formula is C39H51IrN2O2-. The molecule has 4 nitrogen and oxygen atoms in total. The molecule has 0 saturated carbocycles. The first-order valence-electron chi connectivity index (χ1n) is 15.6. The summed E-state index contributed by atoms with van der Waals surface area (Å²) in [5.74, 6) is 1.00. The molecule has 1 radical (unpaired) electrons. The van der Waals surface area contributed by atoms with Crippen molar-refractivity contribution < 1.29 is 30.3 Å². The van der Waals surface area contributed by atoms with Crippen LogP contribution in [-0.4, -0.2) is 32.4 Å². The van der Waals surface area contributed by atoms with Crippen molar-refractivity contribution in [2.24, 2.45) is 11.8 Å². The topological polar surface area (TPSA) is 66.2 Å². The number of aromatic nitrogens is 2. The van der Waals surface area contributed by atoms with E-state index in [1.807, 2.05) is 6.20 Å². The molecule has 0 bridgehead atoms. The maximum atomic E-state index is 9.54. The van der Waals surface area contributed by atoms with Gasteiger partial charge < -0.3 is 15.2 Å². The van der Waals surface area contributed by atoms with Crippen LogP contribution in [0.15, 0.2) is 54.7 Å². The van der Waals surface area contributed by atoms with Crippen LogP contribution >= 0.6 is 0 Å². The summed E-state index contributed by atoms with van der Waals surface area (Å²) in [6, 6.07) is 20.7. The Morgan fingerprint density at radius 1 is 0.682 bits per heavy atom. The van der Waals surface area contributed by atoms with E-state index in [2.05, 4.69) is 124 Å². The third kappa shape index (κ3) is 11.0.